The summed E-state index contributed by atoms with van der Waals surface area (Å²) < 4.78 is 10.4. The predicted molar refractivity (Wildman–Crippen MR) is 101 cm³/mol. The smallest absolute Gasteiger partial charge is 0.311 e. The van der Waals surface area contributed by atoms with Gasteiger partial charge in [-0.05, 0) is 51.5 Å². The lowest BCUT2D eigenvalue weighted by Crippen LogP contribution is -2.26. The lowest BCUT2D eigenvalue weighted by atomic mass is 9.91. The predicted octanol–water partition coefficient (Wildman–Crippen LogP) is 4.99. The molecule has 4 nitrogen and oxygen atoms in total. The molecule has 0 spiro atoms. The minimum Gasteiger partial charge on any atom is -0.466 e. The van der Waals surface area contributed by atoms with Gasteiger partial charge in [0.15, 0.2) is 0 Å². The van der Waals surface area contributed by atoms with Gasteiger partial charge >= 0.3 is 11.9 Å². The molecule has 0 heterocycles. The van der Waals surface area contributed by atoms with Crippen molar-refractivity contribution in [3.63, 3.8) is 0 Å². The van der Waals surface area contributed by atoms with Crippen molar-refractivity contribution in [3.8, 4) is 0 Å². The maximum atomic E-state index is 11.8. The molecule has 0 fully saturated rings. The molecular formula is C19H36O4S. The van der Waals surface area contributed by atoms with Crippen molar-refractivity contribution in [3.05, 3.63) is 0 Å². The van der Waals surface area contributed by atoms with Crippen molar-refractivity contribution >= 4 is 23.7 Å². The van der Waals surface area contributed by atoms with Crippen LogP contribution in [0.3, 0.4) is 0 Å². The molecule has 0 rings (SSSR count). The number of rotatable bonds is 15. The van der Waals surface area contributed by atoms with E-state index in [1.165, 1.54) is 31.4 Å². The maximum Gasteiger partial charge on any atom is 0.311 e. The Bertz CT molecular complexity index is 342. The average molecular weight is 361 g/mol. The maximum absolute atomic E-state index is 11.8. The fourth-order valence-electron chi connectivity index (χ4n) is 2.03. The molecule has 0 atom stereocenters. The molecule has 0 unspecified atom stereocenters. The van der Waals surface area contributed by atoms with Gasteiger partial charge in [0.1, 0.15) is 0 Å². The third-order valence-corrected chi connectivity index (χ3v) is 4.90. The van der Waals surface area contributed by atoms with Crippen LogP contribution in [0, 0.1) is 5.41 Å². The molecule has 0 saturated heterocycles. The molecule has 0 aliphatic carbocycles. The van der Waals surface area contributed by atoms with E-state index in [0.29, 0.717) is 19.4 Å². The van der Waals surface area contributed by atoms with E-state index in [1.807, 2.05) is 32.5 Å². The number of unbranched alkanes of at least 4 members (excludes halogenated alkanes) is 5. The second kappa shape index (κ2) is 14.6. The van der Waals surface area contributed by atoms with Crippen molar-refractivity contribution in [2.24, 2.45) is 5.41 Å². The summed E-state index contributed by atoms with van der Waals surface area (Å²) in [6.07, 6.45) is 10.9. The Morgan fingerprint density at radius 3 is 2.08 bits per heavy atom. The summed E-state index contributed by atoms with van der Waals surface area (Å²) in [4.78, 5) is 23.3. The zero-order chi connectivity index (χ0) is 18.3. The van der Waals surface area contributed by atoms with Crippen LogP contribution < -0.4 is 0 Å². The Hall–Kier alpha value is -0.710. The van der Waals surface area contributed by atoms with Gasteiger partial charge in [0.05, 0.1) is 18.6 Å². The molecule has 0 N–H and O–H groups in total. The number of hydrogen-bond donors (Lipinski definition) is 0. The number of esters is 2. The lowest BCUT2D eigenvalue weighted by molar-refractivity contribution is -0.155. The monoisotopic (exact) mass is 360 g/mol. The van der Waals surface area contributed by atoms with E-state index in [9.17, 15) is 9.59 Å². The SMILES string of the molecule is CCC(C)(C)C(=O)OCCCC(=O)OCCCCCCCCSC. The highest BCUT2D eigenvalue weighted by Crippen LogP contribution is 2.21. The van der Waals surface area contributed by atoms with Crippen molar-refractivity contribution < 1.29 is 19.1 Å². The Labute approximate surface area is 152 Å². The molecule has 0 aliphatic rings. The number of carbonyl (C=O) groups is 2. The molecule has 24 heavy (non-hydrogen) atoms. The molecule has 0 aromatic heterocycles. The van der Waals surface area contributed by atoms with Gasteiger partial charge in [0.25, 0.3) is 0 Å². The van der Waals surface area contributed by atoms with Crippen molar-refractivity contribution in [1.29, 1.82) is 0 Å². The molecule has 0 amide bonds. The molecule has 0 aromatic rings. The number of ether oxygens (including phenoxy) is 2. The molecule has 0 radical (unpaired) electrons. The Balaban J connectivity index is 3.43. The first-order valence-electron chi connectivity index (χ1n) is 9.25. The minimum atomic E-state index is -0.449. The van der Waals surface area contributed by atoms with Crippen LogP contribution in [0.4, 0.5) is 0 Å². The van der Waals surface area contributed by atoms with Crippen LogP contribution in [-0.2, 0) is 19.1 Å². The van der Waals surface area contributed by atoms with Crippen LogP contribution >= 0.6 is 11.8 Å². The number of thioether (sulfide) groups is 1. The summed E-state index contributed by atoms with van der Waals surface area (Å²) in [5, 5.41) is 0. The van der Waals surface area contributed by atoms with Gasteiger partial charge in [0.2, 0.25) is 0 Å². The summed E-state index contributed by atoms with van der Waals surface area (Å²) in [5.74, 6) is 0.861. The van der Waals surface area contributed by atoms with Gasteiger partial charge in [-0.15, -0.1) is 0 Å². The molecule has 0 aromatic carbocycles. The average Bonchev–Trinajstić information content (AvgIpc) is 2.56. The number of hydrogen-bond acceptors (Lipinski definition) is 5. The van der Waals surface area contributed by atoms with E-state index in [4.69, 9.17) is 9.47 Å². The van der Waals surface area contributed by atoms with Crippen LogP contribution in [-0.4, -0.2) is 37.2 Å². The summed E-state index contributed by atoms with van der Waals surface area (Å²) in [6.45, 7) is 6.49. The van der Waals surface area contributed by atoms with Crippen molar-refractivity contribution in [2.75, 3.05) is 25.2 Å². The quantitative estimate of drug-likeness (QED) is 0.304. The first kappa shape index (κ1) is 23.3. The third-order valence-electron chi connectivity index (χ3n) is 4.20. The van der Waals surface area contributed by atoms with Crippen LogP contribution in [0.2, 0.25) is 0 Å². The van der Waals surface area contributed by atoms with E-state index in [2.05, 4.69) is 6.26 Å². The zero-order valence-electron chi connectivity index (χ0n) is 16.0. The van der Waals surface area contributed by atoms with E-state index >= 15 is 0 Å². The van der Waals surface area contributed by atoms with E-state index in [1.54, 1.807) is 0 Å². The summed E-state index contributed by atoms with van der Waals surface area (Å²) in [6, 6.07) is 0. The van der Waals surface area contributed by atoms with Crippen molar-refractivity contribution in [1.82, 2.24) is 0 Å². The molecule has 0 bridgehead atoms. The summed E-state index contributed by atoms with van der Waals surface area (Å²) >= 11 is 1.90. The standard InChI is InChI=1S/C19H36O4S/c1-5-19(2,3)18(21)23-15-12-13-17(20)22-14-10-8-6-7-9-11-16-24-4/h5-16H2,1-4H3. The van der Waals surface area contributed by atoms with Crippen LogP contribution in [0.1, 0.15) is 78.6 Å². The van der Waals surface area contributed by atoms with Gasteiger partial charge in [-0.25, -0.2) is 0 Å². The van der Waals surface area contributed by atoms with Crippen molar-refractivity contribution in [2.45, 2.75) is 78.6 Å². The second-order valence-corrected chi connectivity index (χ2v) is 7.80. The fraction of sp³-hybridized carbons (Fsp3) is 0.895. The van der Waals surface area contributed by atoms with Gasteiger partial charge in [-0.3, -0.25) is 9.59 Å². The third kappa shape index (κ3) is 12.7. The topological polar surface area (TPSA) is 52.6 Å². The van der Waals surface area contributed by atoms with Crippen LogP contribution in [0.5, 0.6) is 0 Å². The molecule has 142 valence electrons. The Kier molecular flexibility index (Phi) is 14.2. The van der Waals surface area contributed by atoms with E-state index < -0.39 is 5.41 Å². The Morgan fingerprint density at radius 1 is 0.875 bits per heavy atom. The first-order chi connectivity index (χ1) is 11.4. The highest BCUT2D eigenvalue weighted by Gasteiger charge is 2.26. The molecule has 0 aliphatic heterocycles. The summed E-state index contributed by atoms with van der Waals surface area (Å²) in [5.41, 5.74) is -0.449. The second-order valence-electron chi connectivity index (χ2n) is 6.81. The van der Waals surface area contributed by atoms with Crippen LogP contribution in [0.15, 0.2) is 0 Å². The van der Waals surface area contributed by atoms with E-state index in [-0.39, 0.29) is 18.5 Å². The van der Waals surface area contributed by atoms with Crippen LogP contribution in [0.25, 0.3) is 0 Å². The molecule has 5 heteroatoms. The highest BCUT2D eigenvalue weighted by atomic mass is 32.2. The fourth-order valence-corrected chi connectivity index (χ4v) is 2.53. The largest absolute Gasteiger partial charge is 0.466 e. The Morgan fingerprint density at radius 2 is 1.46 bits per heavy atom. The first-order valence-corrected chi connectivity index (χ1v) is 10.6. The highest BCUT2D eigenvalue weighted by molar-refractivity contribution is 7.98. The lowest BCUT2D eigenvalue weighted by Gasteiger charge is -2.20. The van der Waals surface area contributed by atoms with Gasteiger partial charge < -0.3 is 9.47 Å². The van der Waals surface area contributed by atoms with Gasteiger partial charge in [0, 0.05) is 6.42 Å². The number of carbonyl (C=O) groups excluding carboxylic acids is 2. The zero-order valence-corrected chi connectivity index (χ0v) is 16.8. The normalized spacial score (nSPS) is 11.3. The molecule has 0 saturated carbocycles. The summed E-state index contributed by atoms with van der Waals surface area (Å²) in [7, 11) is 0. The van der Waals surface area contributed by atoms with E-state index in [0.717, 1.165) is 19.3 Å². The molecular weight excluding hydrogens is 324 g/mol. The minimum absolute atomic E-state index is 0.194. The van der Waals surface area contributed by atoms with Gasteiger partial charge in [-0.2, -0.15) is 11.8 Å². The van der Waals surface area contributed by atoms with Gasteiger partial charge in [-0.1, -0.05) is 32.6 Å².